The average Bonchev–Trinajstić information content (AvgIpc) is 2.37. The molecule has 0 saturated heterocycles. The Hall–Kier alpha value is -1.02. The van der Waals surface area contributed by atoms with Crippen molar-refractivity contribution in [2.45, 2.75) is 56.7 Å². The van der Waals surface area contributed by atoms with Gasteiger partial charge in [-0.25, -0.2) is 0 Å². The molecule has 0 aromatic heterocycles. The number of carbonyl (C=O) groups excluding carboxylic acids is 1. The van der Waals surface area contributed by atoms with Crippen LogP contribution in [0.25, 0.3) is 0 Å². The predicted molar refractivity (Wildman–Crippen MR) is 73.3 cm³/mol. The largest absolute Gasteiger partial charge is 0.480 e. The third-order valence-electron chi connectivity index (χ3n) is 3.05. The SMILES string of the molecule is NCCCC[C@H](N)C(=O)C(N)CCC[C@H](N)C(=O)O. The second-order valence-electron chi connectivity index (χ2n) is 4.78. The zero-order chi connectivity index (χ0) is 14.8. The predicted octanol–water partition coefficient (Wildman–Crippen LogP) is -1.08. The normalized spacial score (nSPS) is 15.8. The summed E-state index contributed by atoms with van der Waals surface area (Å²) in [6.45, 7) is 0.583. The molecule has 0 aliphatic carbocycles. The van der Waals surface area contributed by atoms with Crippen molar-refractivity contribution in [3.63, 3.8) is 0 Å². The molecule has 3 atom stereocenters. The van der Waals surface area contributed by atoms with Crippen LogP contribution >= 0.6 is 0 Å². The lowest BCUT2D eigenvalue weighted by atomic mass is 9.97. The van der Waals surface area contributed by atoms with Crippen LogP contribution in [0.2, 0.25) is 0 Å². The first-order valence-corrected chi connectivity index (χ1v) is 6.63. The fraction of sp³-hybridized carbons (Fsp3) is 0.833. The van der Waals surface area contributed by atoms with Crippen LogP contribution in [0.1, 0.15) is 38.5 Å². The van der Waals surface area contributed by atoms with Crippen molar-refractivity contribution >= 4 is 11.8 Å². The zero-order valence-corrected chi connectivity index (χ0v) is 11.3. The van der Waals surface area contributed by atoms with Gasteiger partial charge in [-0.1, -0.05) is 6.42 Å². The van der Waals surface area contributed by atoms with E-state index in [1.807, 2.05) is 0 Å². The maximum atomic E-state index is 11.8. The second-order valence-corrected chi connectivity index (χ2v) is 4.78. The Labute approximate surface area is 113 Å². The lowest BCUT2D eigenvalue weighted by molar-refractivity contribution is -0.138. The molecule has 0 aromatic carbocycles. The Morgan fingerprint density at radius 3 is 1.79 bits per heavy atom. The van der Waals surface area contributed by atoms with Crippen molar-refractivity contribution in [2.24, 2.45) is 22.9 Å². The van der Waals surface area contributed by atoms with Crippen LogP contribution in [-0.4, -0.2) is 41.5 Å². The third kappa shape index (κ3) is 7.89. The number of hydrogen-bond donors (Lipinski definition) is 5. The molecule has 0 saturated carbocycles. The molecule has 19 heavy (non-hydrogen) atoms. The number of Topliss-reactive ketones (excluding diaryl/α,β-unsaturated/α-hetero) is 1. The van der Waals surface area contributed by atoms with Gasteiger partial charge in [-0.05, 0) is 38.6 Å². The van der Waals surface area contributed by atoms with Gasteiger partial charge in [-0.15, -0.1) is 0 Å². The Morgan fingerprint density at radius 1 is 0.842 bits per heavy atom. The van der Waals surface area contributed by atoms with Gasteiger partial charge in [-0.3, -0.25) is 9.59 Å². The van der Waals surface area contributed by atoms with Crippen LogP contribution in [0.4, 0.5) is 0 Å². The van der Waals surface area contributed by atoms with Crippen molar-refractivity contribution in [1.29, 1.82) is 0 Å². The van der Waals surface area contributed by atoms with E-state index >= 15 is 0 Å². The molecule has 7 heteroatoms. The highest BCUT2D eigenvalue weighted by atomic mass is 16.4. The van der Waals surface area contributed by atoms with E-state index in [1.54, 1.807) is 0 Å². The minimum atomic E-state index is -1.04. The highest BCUT2D eigenvalue weighted by molar-refractivity contribution is 5.88. The molecule has 0 amide bonds. The highest BCUT2D eigenvalue weighted by Gasteiger charge is 2.21. The number of carboxylic acid groups (broad SMARTS) is 1. The number of aliphatic carboxylic acids is 1. The molecule has 0 aliphatic heterocycles. The van der Waals surface area contributed by atoms with E-state index in [0.29, 0.717) is 32.2 Å². The fourth-order valence-electron chi connectivity index (χ4n) is 1.75. The minimum absolute atomic E-state index is 0.180. The van der Waals surface area contributed by atoms with Gasteiger partial charge in [0.05, 0.1) is 12.1 Å². The van der Waals surface area contributed by atoms with Crippen LogP contribution in [0, 0.1) is 0 Å². The molecule has 0 spiro atoms. The molecule has 0 radical (unpaired) electrons. The number of rotatable bonds is 11. The van der Waals surface area contributed by atoms with Gasteiger partial charge in [0.15, 0.2) is 5.78 Å². The molecule has 0 heterocycles. The lowest BCUT2D eigenvalue weighted by Crippen LogP contribution is -2.43. The number of ketones is 1. The molecule has 0 rings (SSSR count). The van der Waals surface area contributed by atoms with Gasteiger partial charge in [0.2, 0.25) is 0 Å². The first-order valence-electron chi connectivity index (χ1n) is 6.63. The Bertz CT molecular complexity index is 286. The van der Waals surface area contributed by atoms with E-state index in [-0.39, 0.29) is 5.78 Å². The van der Waals surface area contributed by atoms with Gasteiger partial charge >= 0.3 is 5.97 Å². The summed E-state index contributed by atoms with van der Waals surface area (Å²) in [6, 6.07) is -2.11. The van der Waals surface area contributed by atoms with Crippen molar-refractivity contribution in [3.8, 4) is 0 Å². The molecular formula is C12H26N4O3. The van der Waals surface area contributed by atoms with Gasteiger partial charge in [-0.2, -0.15) is 0 Å². The van der Waals surface area contributed by atoms with E-state index in [1.165, 1.54) is 0 Å². The first-order chi connectivity index (χ1) is 8.90. The summed E-state index contributed by atoms with van der Waals surface area (Å²) < 4.78 is 0. The fourth-order valence-corrected chi connectivity index (χ4v) is 1.75. The van der Waals surface area contributed by atoms with E-state index in [4.69, 9.17) is 28.0 Å². The number of unbranched alkanes of at least 4 members (excludes halogenated alkanes) is 1. The van der Waals surface area contributed by atoms with E-state index in [2.05, 4.69) is 0 Å². The summed E-state index contributed by atoms with van der Waals surface area (Å²) in [7, 11) is 0. The van der Waals surface area contributed by atoms with Crippen LogP contribution in [0.3, 0.4) is 0 Å². The molecule has 9 N–H and O–H groups in total. The standard InChI is InChI=1S/C12H26N4O3/c13-7-2-1-4-8(14)11(17)9(15)5-3-6-10(16)12(18)19/h8-10H,1-7,13-16H2,(H,18,19)/t8-,9?,10-/m0/s1. The quantitative estimate of drug-likeness (QED) is 0.300. The number of carboxylic acids is 1. The molecule has 0 aromatic rings. The summed E-state index contributed by atoms with van der Waals surface area (Å²) in [5.41, 5.74) is 22.2. The molecule has 0 fully saturated rings. The van der Waals surface area contributed by atoms with E-state index < -0.39 is 24.1 Å². The molecule has 112 valence electrons. The summed E-state index contributed by atoms with van der Waals surface area (Å²) >= 11 is 0. The minimum Gasteiger partial charge on any atom is -0.480 e. The van der Waals surface area contributed by atoms with Crippen molar-refractivity contribution in [1.82, 2.24) is 0 Å². The van der Waals surface area contributed by atoms with Gasteiger partial charge in [0.1, 0.15) is 6.04 Å². The van der Waals surface area contributed by atoms with Gasteiger partial charge < -0.3 is 28.0 Å². The highest BCUT2D eigenvalue weighted by Crippen LogP contribution is 2.07. The van der Waals surface area contributed by atoms with Crippen LogP contribution in [-0.2, 0) is 9.59 Å². The topological polar surface area (TPSA) is 158 Å². The molecular weight excluding hydrogens is 248 g/mol. The van der Waals surface area contributed by atoms with Crippen molar-refractivity contribution < 1.29 is 14.7 Å². The van der Waals surface area contributed by atoms with E-state index in [9.17, 15) is 9.59 Å². The van der Waals surface area contributed by atoms with Gasteiger partial charge in [0, 0.05) is 0 Å². The molecule has 7 nitrogen and oxygen atoms in total. The Balaban J connectivity index is 3.89. The monoisotopic (exact) mass is 274 g/mol. The second kappa shape index (κ2) is 9.85. The van der Waals surface area contributed by atoms with Crippen LogP contribution in [0.5, 0.6) is 0 Å². The first kappa shape index (κ1) is 18.0. The lowest BCUT2D eigenvalue weighted by Gasteiger charge is -2.16. The summed E-state index contributed by atoms with van der Waals surface area (Å²) in [6.07, 6.45) is 3.43. The smallest absolute Gasteiger partial charge is 0.320 e. The maximum absolute atomic E-state index is 11.8. The average molecular weight is 274 g/mol. The van der Waals surface area contributed by atoms with E-state index in [0.717, 1.165) is 12.8 Å². The Kier molecular flexibility index (Phi) is 9.32. The molecule has 0 aliphatic rings. The summed E-state index contributed by atoms with van der Waals surface area (Å²) in [5.74, 6) is -1.22. The van der Waals surface area contributed by atoms with Crippen LogP contribution in [0.15, 0.2) is 0 Å². The maximum Gasteiger partial charge on any atom is 0.320 e. The number of nitrogens with two attached hydrogens (primary N) is 4. The van der Waals surface area contributed by atoms with Gasteiger partial charge in [0.25, 0.3) is 0 Å². The Morgan fingerprint density at radius 2 is 1.32 bits per heavy atom. The third-order valence-corrected chi connectivity index (χ3v) is 3.05. The molecule has 0 bridgehead atoms. The van der Waals surface area contributed by atoms with Crippen molar-refractivity contribution in [3.05, 3.63) is 0 Å². The van der Waals surface area contributed by atoms with Crippen LogP contribution < -0.4 is 22.9 Å². The summed E-state index contributed by atoms with van der Waals surface area (Å²) in [5, 5.41) is 8.61. The van der Waals surface area contributed by atoms with Crippen molar-refractivity contribution in [2.75, 3.05) is 6.54 Å². The number of hydrogen-bond acceptors (Lipinski definition) is 6. The number of carbonyl (C=O) groups is 2. The molecule has 1 unspecified atom stereocenters. The zero-order valence-electron chi connectivity index (χ0n) is 11.3. The summed E-state index contributed by atoms with van der Waals surface area (Å²) in [4.78, 5) is 22.3.